The van der Waals surface area contributed by atoms with Crippen molar-refractivity contribution in [3.05, 3.63) is 430 Å². The van der Waals surface area contributed by atoms with Crippen LogP contribution in [0.25, 0.3) is 139 Å². The summed E-state index contributed by atoms with van der Waals surface area (Å²) in [5, 5.41) is 10.8. The second-order valence-corrected chi connectivity index (χ2v) is 28.9. The SMILES string of the molecule is C=Cc1ccc(COCc2ccc(N(c3ccc(-c4ccc(Nc5ccc(-c6ccc(N(c7ccc(-c8ccc9oc%10ccccc%10c9c8)cc7)c7ccc(-c8ccc9c(c8)c8ccccc8n9-c8ccccc8)cc7)cc6)cc5)cc4)cc3)c3ccc(-c4ccc5c(c4)c4ccccc4n5-c4ccccc4)cc3)cc2)cc1. The Hall–Kier alpha value is -14.8. The lowest BCUT2D eigenvalue weighted by Gasteiger charge is -2.26. The molecule has 0 fully saturated rings. The van der Waals surface area contributed by atoms with Gasteiger partial charge in [-0.3, -0.25) is 0 Å². The van der Waals surface area contributed by atoms with Gasteiger partial charge in [0.25, 0.3) is 0 Å². The van der Waals surface area contributed by atoms with Gasteiger partial charge < -0.3 is 33.4 Å². The molecule has 0 unspecified atom stereocenters. The summed E-state index contributed by atoms with van der Waals surface area (Å²) in [5.74, 6) is 0. The van der Waals surface area contributed by atoms with Crippen molar-refractivity contribution in [1.82, 2.24) is 9.13 Å². The Morgan fingerprint density at radius 3 is 0.973 bits per heavy atom. The second-order valence-electron chi connectivity index (χ2n) is 28.9. The van der Waals surface area contributed by atoms with E-state index in [0.29, 0.717) is 13.2 Å². The highest BCUT2D eigenvalue weighted by molar-refractivity contribution is 6.12. The van der Waals surface area contributed by atoms with Gasteiger partial charge in [-0.1, -0.05) is 243 Å². The Morgan fingerprint density at radius 2 is 0.566 bits per heavy atom. The molecule has 0 saturated carbocycles. The van der Waals surface area contributed by atoms with Crippen LogP contribution < -0.4 is 15.1 Å². The highest BCUT2D eigenvalue weighted by Crippen LogP contribution is 2.44. The fourth-order valence-electron chi connectivity index (χ4n) is 16.3. The summed E-state index contributed by atoms with van der Waals surface area (Å²) >= 11 is 0. The fourth-order valence-corrected chi connectivity index (χ4v) is 16.3. The predicted octanol–water partition coefficient (Wildman–Crippen LogP) is 29.2. The molecule has 0 spiro atoms. The molecule has 0 aliphatic rings. The molecule has 20 aromatic rings. The highest BCUT2D eigenvalue weighted by atomic mass is 16.5. The minimum Gasteiger partial charge on any atom is -0.456 e. The van der Waals surface area contributed by atoms with Gasteiger partial charge in [-0.2, -0.15) is 0 Å². The third-order valence-corrected chi connectivity index (χ3v) is 22.1. The van der Waals surface area contributed by atoms with Gasteiger partial charge in [0.2, 0.25) is 0 Å². The quantitative estimate of drug-likeness (QED) is 0.0824. The van der Waals surface area contributed by atoms with Crippen molar-refractivity contribution in [3.8, 4) is 67.0 Å². The summed E-state index contributed by atoms with van der Waals surface area (Å²) in [5.41, 5.74) is 32.0. The molecule has 3 heterocycles. The number of anilines is 8. The molecular weight excluding hydrogens is 1380 g/mol. The van der Waals surface area contributed by atoms with Crippen LogP contribution in [0.2, 0.25) is 0 Å². The third kappa shape index (κ3) is 13.1. The number of para-hydroxylation sites is 5. The van der Waals surface area contributed by atoms with Crippen LogP contribution in [0.4, 0.5) is 45.5 Å². The van der Waals surface area contributed by atoms with Crippen molar-refractivity contribution in [1.29, 1.82) is 0 Å². The summed E-state index contributed by atoms with van der Waals surface area (Å²) in [6, 6.07) is 146. The van der Waals surface area contributed by atoms with Crippen LogP contribution in [0.5, 0.6) is 0 Å². The zero-order chi connectivity index (χ0) is 75.1. The first-order valence-corrected chi connectivity index (χ1v) is 38.5. The molecule has 17 aromatic carbocycles. The van der Waals surface area contributed by atoms with Crippen LogP contribution in [-0.4, -0.2) is 9.13 Å². The molecule has 0 saturated heterocycles. The Bertz CT molecular complexity index is 6850. The fraction of sp³-hybridized carbons (Fsp3) is 0.0189. The van der Waals surface area contributed by atoms with Crippen molar-refractivity contribution in [2.24, 2.45) is 0 Å². The number of hydrogen-bond acceptors (Lipinski definition) is 5. The van der Waals surface area contributed by atoms with E-state index < -0.39 is 0 Å². The summed E-state index contributed by atoms with van der Waals surface area (Å²) in [6.07, 6.45) is 1.86. The smallest absolute Gasteiger partial charge is 0.135 e. The first-order valence-electron chi connectivity index (χ1n) is 38.5. The Kier molecular flexibility index (Phi) is 17.5. The number of hydrogen-bond donors (Lipinski definition) is 1. The molecule has 3 aromatic heterocycles. The summed E-state index contributed by atoms with van der Waals surface area (Å²) in [6.45, 7) is 4.93. The van der Waals surface area contributed by atoms with Gasteiger partial charge in [0.1, 0.15) is 11.2 Å². The second kappa shape index (κ2) is 29.3. The average Bonchev–Trinajstić information content (AvgIpc) is 1.59. The predicted molar refractivity (Wildman–Crippen MR) is 474 cm³/mol. The minimum absolute atomic E-state index is 0.504. The molecule has 0 atom stereocenters. The summed E-state index contributed by atoms with van der Waals surface area (Å²) in [7, 11) is 0. The van der Waals surface area contributed by atoms with Crippen LogP contribution in [0.15, 0.2) is 417 Å². The van der Waals surface area contributed by atoms with Gasteiger partial charge in [-0.15, -0.1) is 0 Å². The number of aromatic nitrogens is 2. The molecule has 1 N–H and O–H groups in total. The van der Waals surface area contributed by atoms with E-state index in [1.807, 2.05) is 18.2 Å². The molecule has 0 amide bonds. The van der Waals surface area contributed by atoms with Gasteiger partial charge >= 0.3 is 0 Å². The van der Waals surface area contributed by atoms with Crippen LogP contribution in [0, 0.1) is 0 Å². The van der Waals surface area contributed by atoms with Crippen molar-refractivity contribution in [2.75, 3.05) is 15.1 Å². The average molecular weight is 1450 g/mol. The van der Waals surface area contributed by atoms with Crippen molar-refractivity contribution < 1.29 is 9.15 Å². The lowest BCUT2D eigenvalue weighted by Crippen LogP contribution is -2.10. The van der Waals surface area contributed by atoms with Gasteiger partial charge in [-0.25, -0.2) is 0 Å². The Labute approximate surface area is 656 Å². The molecule has 0 bridgehead atoms. The monoisotopic (exact) mass is 1450 g/mol. The number of rotatable bonds is 20. The van der Waals surface area contributed by atoms with E-state index >= 15 is 0 Å². The van der Waals surface area contributed by atoms with E-state index in [9.17, 15) is 0 Å². The number of nitrogens with one attached hydrogen (secondary N) is 1. The molecule has 0 aliphatic heterocycles. The molecule has 0 radical (unpaired) electrons. The lowest BCUT2D eigenvalue weighted by molar-refractivity contribution is 0.107. The molecule has 0 aliphatic carbocycles. The summed E-state index contributed by atoms with van der Waals surface area (Å²) < 4.78 is 17.2. The van der Waals surface area contributed by atoms with Crippen LogP contribution in [-0.2, 0) is 18.0 Å². The summed E-state index contributed by atoms with van der Waals surface area (Å²) in [4.78, 5) is 4.68. The van der Waals surface area contributed by atoms with E-state index in [1.54, 1.807) is 0 Å². The zero-order valence-electron chi connectivity index (χ0n) is 62.0. The standard InChI is InChI=1S/C106H75N5O2/c1-2-72-25-27-73(28-26-72)70-112-71-74-29-52-89(53-30-74)108(92-58-39-79(40-59-92)82-45-64-103-98(67-82)95-19-9-12-22-101(95)110(103)87-15-5-3-6-16-87)90-54-35-77(36-55-90)75-31-48-85(49-32-75)107-86-50-33-76(34-51-86)78-37-56-91(57-38-78)109(94-62-43-81(44-63-94)84-47-66-106-100(69-84)97-21-11-14-24-105(97)113-106)93-60-41-80(42-61-93)83-46-65-104-99(68-83)96-20-10-13-23-102(96)111(104)88-17-7-4-8-18-88/h2-69,107H,1,70-71H2. The van der Waals surface area contributed by atoms with Gasteiger partial charge in [-0.05, 0) is 248 Å². The third-order valence-electron chi connectivity index (χ3n) is 22.1. The van der Waals surface area contributed by atoms with Gasteiger partial charge in [0.15, 0.2) is 0 Å². The molecule has 7 heteroatoms. The van der Waals surface area contributed by atoms with E-state index in [4.69, 9.17) is 9.15 Å². The van der Waals surface area contributed by atoms with Gasteiger partial charge in [0.05, 0.1) is 35.3 Å². The molecule has 7 nitrogen and oxygen atoms in total. The van der Waals surface area contributed by atoms with E-state index in [-0.39, 0.29) is 0 Å². The van der Waals surface area contributed by atoms with E-state index in [0.717, 1.165) is 140 Å². The number of benzene rings is 17. The lowest BCUT2D eigenvalue weighted by atomic mass is 10.0. The normalized spacial score (nSPS) is 11.5. The number of nitrogens with zero attached hydrogens (tertiary/aromatic N) is 4. The van der Waals surface area contributed by atoms with Crippen molar-refractivity contribution in [2.45, 2.75) is 13.2 Å². The first kappa shape index (κ1) is 67.6. The molecule has 113 heavy (non-hydrogen) atoms. The largest absolute Gasteiger partial charge is 0.456 e. The van der Waals surface area contributed by atoms with Crippen LogP contribution >= 0.6 is 0 Å². The molecule has 20 rings (SSSR count). The van der Waals surface area contributed by atoms with E-state index in [2.05, 4.69) is 425 Å². The Morgan fingerprint density at radius 1 is 0.265 bits per heavy atom. The maximum atomic E-state index is 6.22. The molecular formula is C106H75N5O2. The number of fused-ring (bicyclic) bond motifs is 9. The minimum atomic E-state index is 0.504. The topological polar surface area (TPSA) is 50.7 Å². The number of ether oxygens (including phenoxy) is 1. The zero-order valence-corrected chi connectivity index (χ0v) is 62.0. The van der Waals surface area contributed by atoms with Crippen molar-refractivity contribution in [3.63, 3.8) is 0 Å². The Balaban J connectivity index is 0.544. The number of furan rings is 1. The molecule has 536 valence electrons. The van der Waals surface area contributed by atoms with Crippen LogP contribution in [0.3, 0.4) is 0 Å². The van der Waals surface area contributed by atoms with Crippen molar-refractivity contribution >= 4 is 117 Å². The van der Waals surface area contributed by atoms with Gasteiger partial charge in [0, 0.05) is 89.2 Å². The van der Waals surface area contributed by atoms with Crippen LogP contribution in [0.1, 0.15) is 16.7 Å². The van der Waals surface area contributed by atoms with E-state index in [1.165, 1.54) is 54.7 Å². The first-order chi connectivity index (χ1) is 55.9. The highest BCUT2D eigenvalue weighted by Gasteiger charge is 2.21. The maximum absolute atomic E-state index is 6.22. The maximum Gasteiger partial charge on any atom is 0.135 e.